The van der Waals surface area contributed by atoms with Crippen molar-refractivity contribution < 1.29 is 26.8 Å². The SMILES string of the molecule is CCCC(C)=NOCc1c(F)c(F)c(F)c(F)c1F. The maximum Gasteiger partial charge on any atom is 0.200 e. The van der Waals surface area contributed by atoms with Crippen LogP contribution in [-0.2, 0) is 11.4 Å². The Morgan fingerprint density at radius 2 is 1.42 bits per heavy atom. The van der Waals surface area contributed by atoms with Crippen LogP contribution in [0.25, 0.3) is 0 Å². The average molecular weight is 281 g/mol. The molecule has 1 aromatic rings. The van der Waals surface area contributed by atoms with E-state index < -0.39 is 41.3 Å². The lowest BCUT2D eigenvalue weighted by Gasteiger charge is -2.07. The van der Waals surface area contributed by atoms with E-state index in [-0.39, 0.29) is 0 Å². The van der Waals surface area contributed by atoms with Crippen LogP contribution in [0.2, 0.25) is 0 Å². The molecule has 0 aliphatic heterocycles. The molecular weight excluding hydrogens is 269 g/mol. The number of hydrogen-bond donors (Lipinski definition) is 0. The van der Waals surface area contributed by atoms with E-state index in [4.69, 9.17) is 0 Å². The summed E-state index contributed by atoms with van der Waals surface area (Å²) in [4.78, 5) is 4.60. The second-order valence-electron chi connectivity index (χ2n) is 3.90. The minimum absolute atomic E-state index is 0.561. The molecule has 0 aliphatic carbocycles. The highest BCUT2D eigenvalue weighted by Crippen LogP contribution is 2.23. The molecule has 1 aromatic carbocycles. The molecule has 0 amide bonds. The van der Waals surface area contributed by atoms with Crippen molar-refractivity contribution >= 4 is 5.71 Å². The van der Waals surface area contributed by atoms with Gasteiger partial charge in [0.2, 0.25) is 5.82 Å². The molecule has 0 unspecified atom stereocenters. The van der Waals surface area contributed by atoms with Gasteiger partial charge in [-0.15, -0.1) is 0 Å². The van der Waals surface area contributed by atoms with E-state index in [9.17, 15) is 22.0 Å². The molecule has 0 N–H and O–H groups in total. The van der Waals surface area contributed by atoms with Crippen molar-refractivity contribution in [2.24, 2.45) is 5.16 Å². The summed E-state index contributed by atoms with van der Waals surface area (Å²) in [5, 5.41) is 3.52. The Labute approximate surface area is 106 Å². The van der Waals surface area contributed by atoms with Gasteiger partial charge in [-0.05, 0) is 13.3 Å². The smallest absolute Gasteiger partial charge is 0.200 e. The fourth-order valence-electron chi connectivity index (χ4n) is 1.39. The van der Waals surface area contributed by atoms with Gasteiger partial charge in [0, 0.05) is 0 Å². The van der Waals surface area contributed by atoms with Gasteiger partial charge in [-0.1, -0.05) is 18.5 Å². The van der Waals surface area contributed by atoms with Crippen molar-refractivity contribution in [3.05, 3.63) is 34.6 Å². The molecule has 0 radical (unpaired) electrons. The number of rotatable bonds is 5. The van der Waals surface area contributed by atoms with E-state index in [1.54, 1.807) is 6.92 Å². The highest BCUT2D eigenvalue weighted by atomic mass is 19.2. The lowest BCUT2D eigenvalue weighted by Crippen LogP contribution is -2.08. The molecule has 0 bridgehead atoms. The highest BCUT2D eigenvalue weighted by molar-refractivity contribution is 5.81. The summed E-state index contributed by atoms with van der Waals surface area (Å²) in [5.41, 5.74) is -0.476. The Morgan fingerprint density at radius 3 is 1.89 bits per heavy atom. The van der Waals surface area contributed by atoms with Crippen LogP contribution in [0.3, 0.4) is 0 Å². The molecule has 0 aromatic heterocycles. The number of hydrogen-bond acceptors (Lipinski definition) is 2. The first-order chi connectivity index (χ1) is 8.90. The summed E-state index contributed by atoms with van der Waals surface area (Å²) in [5.74, 6) is -9.98. The van der Waals surface area contributed by atoms with Crippen LogP contribution in [-0.4, -0.2) is 5.71 Å². The van der Waals surface area contributed by atoms with Gasteiger partial charge < -0.3 is 4.84 Å². The third-order valence-electron chi connectivity index (χ3n) is 2.34. The van der Waals surface area contributed by atoms with Gasteiger partial charge in [-0.3, -0.25) is 0 Å². The molecule has 0 fully saturated rings. The van der Waals surface area contributed by atoms with Gasteiger partial charge in [-0.2, -0.15) is 0 Å². The third-order valence-corrected chi connectivity index (χ3v) is 2.34. The monoisotopic (exact) mass is 281 g/mol. The first kappa shape index (κ1) is 15.4. The fraction of sp³-hybridized carbons (Fsp3) is 0.417. The molecule has 0 saturated heterocycles. The minimum Gasteiger partial charge on any atom is -0.391 e. The van der Waals surface area contributed by atoms with Gasteiger partial charge in [0.05, 0.1) is 11.3 Å². The number of benzene rings is 1. The van der Waals surface area contributed by atoms with Crippen LogP contribution in [0.4, 0.5) is 22.0 Å². The molecule has 106 valence electrons. The Balaban J connectivity index is 2.94. The first-order valence-electron chi connectivity index (χ1n) is 5.55. The predicted octanol–water partition coefficient (Wildman–Crippen LogP) is 4.07. The highest BCUT2D eigenvalue weighted by Gasteiger charge is 2.25. The predicted molar refractivity (Wildman–Crippen MR) is 59.0 cm³/mol. The van der Waals surface area contributed by atoms with Gasteiger partial charge in [0.15, 0.2) is 23.3 Å². The molecular formula is C12H12F5NO. The van der Waals surface area contributed by atoms with Crippen molar-refractivity contribution in [2.75, 3.05) is 0 Å². The summed E-state index contributed by atoms with van der Waals surface area (Å²) in [6.07, 6.45) is 1.40. The van der Waals surface area contributed by atoms with Crippen LogP contribution in [0.5, 0.6) is 0 Å². The normalized spacial score (nSPS) is 11.8. The van der Waals surface area contributed by atoms with E-state index in [1.807, 2.05) is 6.92 Å². The second-order valence-corrected chi connectivity index (χ2v) is 3.90. The van der Waals surface area contributed by atoms with Crippen LogP contribution >= 0.6 is 0 Å². The minimum atomic E-state index is -2.19. The molecule has 1 rings (SSSR count). The molecule has 0 spiro atoms. The summed E-state index contributed by atoms with van der Waals surface area (Å²) in [7, 11) is 0. The average Bonchev–Trinajstić information content (AvgIpc) is 2.38. The van der Waals surface area contributed by atoms with Crippen molar-refractivity contribution in [3.8, 4) is 0 Å². The fourth-order valence-corrected chi connectivity index (χ4v) is 1.39. The summed E-state index contributed by atoms with van der Waals surface area (Å²) in [6, 6.07) is 0. The van der Waals surface area contributed by atoms with Crippen molar-refractivity contribution in [1.29, 1.82) is 0 Å². The Kier molecular flexibility index (Phi) is 5.26. The number of halogens is 5. The molecule has 7 heteroatoms. The summed E-state index contributed by atoms with van der Waals surface area (Å²) in [6.45, 7) is 2.69. The third kappa shape index (κ3) is 3.42. The Hall–Kier alpha value is -1.66. The molecule has 0 heterocycles. The topological polar surface area (TPSA) is 21.6 Å². The van der Waals surface area contributed by atoms with Gasteiger partial charge in [0.25, 0.3) is 0 Å². The van der Waals surface area contributed by atoms with Gasteiger partial charge in [-0.25, -0.2) is 22.0 Å². The zero-order chi connectivity index (χ0) is 14.6. The summed E-state index contributed by atoms with van der Waals surface area (Å²) >= 11 is 0. The first-order valence-corrected chi connectivity index (χ1v) is 5.55. The zero-order valence-corrected chi connectivity index (χ0v) is 10.4. The van der Waals surface area contributed by atoms with Crippen molar-refractivity contribution in [1.82, 2.24) is 0 Å². The van der Waals surface area contributed by atoms with Crippen molar-refractivity contribution in [2.45, 2.75) is 33.3 Å². The van der Waals surface area contributed by atoms with Crippen molar-refractivity contribution in [3.63, 3.8) is 0 Å². The Bertz CT molecular complexity index is 472. The molecule has 19 heavy (non-hydrogen) atoms. The number of oxime groups is 1. The van der Waals surface area contributed by atoms with Crippen LogP contribution in [0.15, 0.2) is 5.16 Å². The molecule has 0 aliphatic rings. The van der Waals surface area contributed by atoms with E-state index in [1.165, 1.54) is 0 Å². The lowest BCUT2D eigenvalue weighted by molar-refractivity contribution is 0.122. The maximum atomic E-state index is 13.2. The Morgan fingerprint density at radius 1 is 0.947 bits per heavy atom. The molecule has 2 nitrogen and oxygen atoms in total. The molecule has 0 saturated carbocycles. The lowest BCUT2D eigenvalue weighted by atomic mass is 10.2. The quantitative estimate of drug-likeness (QED) is 0.262. The van der Waals surface area contributed by atoms with E-state index in [0.717, 1.165) is 6.42 Å². The van der Waals surface area contributed by atoms with Crippen LogP contribution in [0.1, 0.15) is 32.3 Å². The summed E-state index contributed by atoms with van der Waals surface area (Å²) < 4.78 is 64.9. The zero-order valence-electron chi connectivity index (χ0n) is 10.4. The van der Waals surface area contributed by atoms with E-state index >= 15 is 0 Å². The maximum absolute atomic E-state index is 13.2. The standard InChI is InChI=1S/C12H12F5NO/c1-3-4-6(2)18-19-5-7-8(13)10(15)12(17)11(16)9(7)14/h3-5H2,1-2H3. The van der Waals surface area contributed by atoms with E-state index in [0.29, 0.717) is 12.1 Å². The van der Waals surface area contributed by atoms with Crippen LogP contribution in [0, 0.1) is 29.1 Å². The van der Waals surface area contributed by atoms with E-state index in [2.05, 4.69) is 9.99 Å². The molecule has 0 atom stereocenters. The largest absolute Gasteiger partial charge is 0.391 e. The van der Waals surface area contributed by atoms with Crippen LogP contribution < -0.4 is 0 Å². The van der Waals surface area contributed by atoms with Gasteiger partial charge in [0.1, 0.15) is 6.61 Å². The number of nitrogens with zero attached hydrogens (tertiary/aromatic N) is 1. The second kappa shape index (κ2) is 6.49. The van der Waals surface area contributed by atoms with Gasteiger partial charge >= 0.3 is 0 Å².